The van der Waals surface area contributed by atoms with E-state index in [-0.39, 0.29) is 5.91 Å². The Hall–Kier alpha value is -1.59. The number of nitrogens with zero attached hydrogens (tertiary/aromatic N) is 1. The van der Waals surface area contributed by atoms with E-state index in [4.69, 9.17) is 4.74 Å². The first-order chi connectivity index (χ1) is 9.74. The van der Waals surface area contributed by atoms with Gasteiger partial charge in [-0.05, 0) is 31.6 Å². The molecule has 1 heterocycles. The molecule has 5 nitrogen and oxygen atoms in total. The second-order valence-electron chi connectivity index (χ2n) is 4.96. The molecule has 20 heavy (non-hydrogen) atoms. The summed E-state index contributed by atoms with van der Waals surface area (Å²) in [5.74, 6) is 0.690. The first-order valence-electron chi connectivity index (χ1n) is 7.12. The molecule has 1 aliphatic heterocycles. The number of anilines is 1. The summed E-state index contributed by atoms with van der Waals surface area (Å²) >= 11 is 0. The van der Waals surface area contributed by atoms with Crippen molar-refractivity contribution in [2.24, 2.45) is 0 Å². The molecular weight excluding hydrogens is 254 g/mol. The maximum absolute atomic E-state index is 12.2. The maximum Gasteiger partial charge on any atom is 0.238 e. The Kier molecular flexibility index (Phi) is 5.38. The Morgan fingerprint density at radius 2 is 2.30 bits per heavy atom. The summed E-state index contributed by atoms with van der Waals surface area (Å²) in [5, 5.41) is 6.26. The molecule has 2 N–H and O–H groups in total. The topological polar surface area (TPSA) is 53.6 Å². The third-order valence-electron chi connectivity index (χ3n) is 3.68. The number of benzene rings is 1. The van der Waals surface area contributed by atoms with Crippen molar-refractivity contribution in [3.05, 3.63) is 24.3 Å². The van der Waals surface area contributed by atoms with Crippen molar-refractivity contribution >= 4 is 11.6 Å². The van der Waals surface area contributed by atoms with E-state index in [1.807, 2.05) is 24.3 Å². The van der Waals surface area contributed by atoms with Gasteiger partial charge < -0.3 is 15.4 Å². The average molecular weight is 277 g/mol. The summed E-state index contributed by atoms with van der Waals surface area (Å²) in [6.07, 6.45) is 1.11. The molecule has 2 rings (SSSR count). The lowest BCUT2D eigenvalue weighted by atomic mass is 10.2. The summed E-state index contributed by atoms with van der Waals surface area (Å²) in [6.45, 7) is 5.40. The van der Waals surface area contributed by atoms with E-state index < -0.39 is 0 Å². The quantitative estimate of drug-likeness (QED) is 0.823. The minimum Gasteiger partial charge on any atom is -0.495 e. The zero-order valence-electron chi connectivity index (χ0n) is 12.2. The van der Waals surface area contributed by atoms with Crippen LogP contribution in [0.4, 0.5) is 5.69 Å². The molecule has 0 radical (unpaired) electrons. The smallest absolute Gasteiger partial charge is 0.238 e. The number of carbonyl (C=O) groups excluding carboxylic acids is 1. The maximum atomic E-state index is 12.2. The van der Waals surface area contributed by atoms with Crippen molar-refractivity contribution < 1.29 is 9.53 Å². The molecule has 5 heteroatoms. The van der Waals surface area contributed by atoms with Crippen LogP contribution in [0, 0.1) is 0 Å². The van der Waals surface area contributed by atoms with E-state index in [0.29, 0.717) is 18.3 Å². The summed E-state index contributed by atoms with van der Waals surface area (Å²) in [5.41, 5.74) is 0.723. The number of ether oxygens (including phenoxy) is 1. The summed E-state index contributed by atoms with van der Waals surface area (Å²) in [4.78, 5) is 14.4. The van der Waals surface area contributed by atoms with Gasteiger partial charge in [0.15, 0.2) is 0 Å². The number of methoxy groups -OCH3 is 1. The number of likely N-dealkylation sites (N-methyl/N-ethyl adjacent to an activating group) is 1. The normalized spacial score (nSPS) is 18.2. The number of para-hydroxylation sites is 2. The number of amides is 1. The van der Waals surface area contributed by atoms with Crippen LogP contribution in [0.1, 0.15) is 13.3 Å². The molecule has 1 amide bonds. The SMILES string of the molecule is CCN(CC(=O)Nc1ccccc1OC)C1CCNC1. The van der Waals surface area contributed by atoms with E-state index in [2.05, 4.69) is 22.5 Å². The highest BCUT2D eigenvalue weighted by Gasteiger charge is 2.23. The fourth-order valence-electron chi connectivity index (χ4n) is 2.57. The van der Waals surface area contributed by atoms with Gasteiger partial charge in [0.05, 0.1) is 19.3 Å². The molecule has 110 valence electrons. The van der Waals surface area contributed by atoms with Gasteiger partial charge in [-0.1, -0.05) is 19.1 Å². The highest BCUT2D eigenvalue weighted by atomic mass is 16.5. The molecule has 1 aliphatic rings. The number of nitrogens with one attached hydrogen (secondary N) is 2. The largest absolute Gasteiger partial charge is 0.495 e. The number of hydrogen-bond donors (Lipinski definition) is 2. The summed E-state index contributed by atoms with van der Waals surface area (Å²) in [6, 6.07) is 7.93. The molecule has 1 fully saturated rings. The van der Waals surface area contributed by atoms with Gasteiger partial charge in [0.2, 0.25) is 5.91 Å². The molecule has 1 unspecified atom stereocenters. The summed E-state index contributed by atoms with van der Waals surface area (Å²) < 4.78 is 5.24. The molecule has 0 aromatic heterocycles. The number of carbonyl (C=O) groups is 1. The molecule has 0 aliphatic carbocycles. The highest BCUT2D eigenvalue weighted by Crippen LogP contribution is 2.23. The van der Waals surface area contributed by atoms with Crippen molar-refractivity contribution in [3.63, 3.8) is 0 Å². The van der Waals surface area contributed by atoms with E-state index in [9.17, 15) is 4.79 Å². The first-order valence-corrected chi connectivity index (χ1v) is 7.12. The van der Waals surface area contributed by atoms with Gasteiger partial charge in [0.1, 0.15) is 5.75 Å². The zero-order chi connectivity index (χ0) is 14.4. The van der Waals surface area contributed by atoms with Crippen molar-refractivity contribution in [1.29, 1.82) is 0 Å². The fourth-order valence-corrected chi connectivity index (χ4v) is 2.57. The molecule has 1 aromatic rings. The molecule has 1 saturated heterocycles. The van der Waals surface area contributed by atoms with Crippen LogP contribution in [0.5, 0.6) is 5.75 Å². The Balaban J connectivity index is 1.93. The molecule has 0 bridgehead atoms. The van der Waals surface area contributed by atoms with Gasteiger partial charge in [0.25, 0.3) is 0 Å². The predicted octanol–water partition coefficient (Wildman–Crippen LogP) is 1.32. The van der Waals surface area contributed by atoms with Crippen molar-refractivity contribution in [1.82, 2.24) is 10.2 Å². The minimum absolute atomic E-state index is 0.00301. The second-order valence-corrected chi connectivity index (χ2v) is 4.96. The van der Waals surface area contributed by atoms with E-state index in [0.717, 1.165) is 31.7 Å². The molecule has 0 spiro atoms. The van der Waals surface area contributed by atoms with Crippen molar-refractivity contribution in [2.75, 3.05) is 38.6 Å². The minimum atomic E-state index is 0.00301. The Bertz CT molecular complexity index is 444. The fraction of sp³-hybridized carbons (Fsp3) is 0.533. The predicted molar refractivity (Wildman–Crippen MR) is 80.1 cm³/mol. The first kappa shape index (κ1) is 14.8. The van der Waals surface area contributed by atoms with Gasteiger partial charge in [-0.2, -0.15) is 0 Å². The van der Waals surface area contributed by atoms with Crippen LogP contribution in [0.25, 0.3) is 0 Å². The van der Waals surface area contributed by atoms with Gasteiger partial charge in [-0.15, -0.1) is 0 Å². The Labute approximate surface area is 120 Å². The van der Waals surface area contributed by atoms with Crippen LogP contribution < -0.4 is 15.4 Å². The molecule has 0 saturated carbocycles. The van der Waals surface area contributed by atoms with Crippen LogP contribution in [0.2, 0.25) is 0 Å². The van der Waals surface area contributed by atoms with Gasteiger partial charge in [-0.25, -0.2) is 0 Å². The highest BCUT2D eigenvalue weighted by molar-refractivity contribution is 5.93. The third-order valence-corrected chi connectivity index (χ3v) is 3.68. The second kappa shape index (κ2) is 7.26. The molecule has 1 aromatic carbocycles. The summed E-state index contributed by atoms with van der Waals surface area (Å²) in [7, 11) is 1.60. The molecule has 1 atom stereocenters. The third kappa shape index (κ3) is 3.71. The van der Waals surface area contributed by atoms with E-state index >= 15 is 0 Å². The van der Waals surface area contributed by atoms with Crippen molar-refractivity contribution in [2.45, 2.75) is 19.4 Å². The van der Waals surface area contributed by atoms with E-state index in [1.165, 1.54) is 0 Å². The van der Waals surface area contributed by atoms with Crippen LogP contribution in [0.15, 0.2) is 24.3 Å². The monoisotopic (exact) mass is 277 g/mol. The van der Waals surface area contributed by atoms with Gasteiger partial charge >= 0.3 is 0 Å². The van der Waals surface area contributed by atoms with Gasteiger partial charge in [0, 0.05) is 12.6 Å². The van der Waals surface area contributed by atoms with Crippen molar-refractivity contribution in [3.8, 4) is 5.75 Å². The Morgan fingerprint density at radius 3 is 2.95 bits per heavy atom. The molecular formula is C15H23N3O2. The van der Waals surface area contributed by atoms with E-state index in [1.54, 1.807) is 7.11 Å². The lowest BCUT2D eigenvalue weighted by Gasteiger charge is -2.26. The Morgan fingerprint density at radius 1 is 1.50 bits per heavy atom. The zero-order valence-corrected chi connectivity index (χ0v) is 12.2. The van der Waals surface area contributed by atoms with Crippen LogP contribution in [-0.4, -0.2) is 50.1 Å². The lowest BCUT2D eigenvalue weighted by Crippen LogP contribution is -2.41. The van der Waals surface area contributed by atoms with Crippen LogP contribution >= 0.6 is 0 Å². The average Bonchev–Trinajstić information content (AvgIpc) is 2.99. The van der Waals surface area contributed by atoms with Crippen LogP contribution in [0.3, 0.4) is 0 Å². The lowest BCUT2D eigenvalue weighted by molar-refractivity contribution is -0.117. The van der Waals surface area contributed by atoms with Crippen LogP contribution in [-0.2, 0) is 4.79 Å². The number of rotatable bonds is 6. The van der Waals surface area contributed by atoms with Gasteiger partial charge in [-0.3, -0.25) is 9.69 Å². The standard InChI is InChI=1S/C15H23N3O2/c1-3-18(12-8-9-16-10-12)11-15(19)17-13-6-4-5-7-14(13)20-2/h4-7,12,16H,3,8-11H2,1-2H3,(H,17,19). The number of hydrogen-bond acceptors (Lipinski definition) is 4.